The number of aliphatic hydroxyl groups is 4. The van der Waals surface area contributed by atoms with E-state index in [1.165, 1.54) is 6.07 Å². The first-order chi connectivity index (χ1) is 10.3. The predicted molar refractivity (Wildman–Crippen MR) is 72.5 cm³/mol. The van der Waals surface area contributed by atoms with Gasteiger partial charge in [0.25, 0.3) is 5.69 Å². The van der Waals surface area contributed by atoms with Crippen LogP contribution in [0.25, 0.3) is 0 Å². The van der Waals surface area contributed by atoms with Gasteiger partial charge in [-0.1, -0.05) is 11.6 Å². The summed E-state index contributed by atoms with van der Waals surface area (Å²) in [7, 11) is 0. The molecule has 10 heteroatoms. The number of benzene rings is 1. The Morgan fingerprint density at radius 1 is 1.27 bits per heavy atom. The van der Waals surface area contributed by atoms with Crippen molar-refractivity contribution >= 4 is 17.3 Å². The number of hydrogen-bond acceptors (Lipinski definition) is 8. The molecule has 122 valence electrons. The second-order valence-electron chi connectivity index (χ2n) is 4.69. The average Bonchev–Trinajstić information content (AvgIpc) is 2.49. The number of aliphatic hydroxyl groups excluding tert-OH is 4. The molecular weight excluding hydrogens is 322 g/mol. The van der Waals surface area contributed by atoms with Gasteiger partial charge in [0.2, 0.25) is 6.29 Å². The van der Waals surface area contributed by atoms with Crippen LogP contribution in [0.1, 0.15) is 0 Å². The lowest BCUT2D eigenvalue weighted by Gasteiger charge is -2.39. The number of halogens is 1. The molecule has 1 aromatic rings. The Morgan fingerprint density at radius 3 is 2.50 bits per heavy atom. The molecular formula is C12H14ClNO8. The van der Waals surface area contributed by atoms with Crippen LogP contribution in [0.2, 0.25) is 5.02 Å². The van der Waals surface area contributed by atoms with Crippen molar-refractivity contribution in [3.63, 3.8) is 0 Å². The maximum atomic E-state index is 10.6. The van der Waals surface area contributed by atoms with E-state index in [2.05, 4.69) is 0 Å². The molecule has 0 aromatic heterocycles. The van der Waals surface area contributed by atoms with E-state index in [0.717, 1.165) is 12.1 Å². The monoisotopic (exact) mass is 335 g/mol. The van der Waals surface area contributed by atoms with E-state index in [0.29, 0.717) is 0 Å². The topological polar surface area (TPSA) is 143 Å². The first-order valence-corrected chi connectivity index (χ1v) is 6.64. The third-order valence-electron chi connectivity index (χ3n) is 3.22. The third kappa shape index (κ3) is 3.29. The molecule has 1 saturated heterocycles. The summed E-state index contributed by atoms with van der Waals surface area (Å²) in [5, 5.41) is 48.7. The summed E-state index contributed by atoms with van der Waals surface area (Å²) in [6.07, 6.45) is -7.22. The zero-order chi connectivity index (χ0) is 16.4. The highest BCUT2D eigenvalue weighted by atomic mass is 35.5. The van der Waals surface area contributed by atoms with Gasteiger partial charge in [-0.3, -0.25) is 10.1 Å². The first kappa shape index (κ1) is 16.9. The number of nitro benzene ring substituents is 1. The first-order valence-electron chi connectivity index (χ1n) is 6.26. The predicted octanol–water partition coefficient (Wildman–Crippen LogP) is -0.573. The van der Waals surface area contributed by atoms with Crippen LogP contribution in [0.15, 0.2) is 18.2 Å². The molecule has 0 unspecified atom stereocenters. The van der Waals surface area contributed by atoms with E-state index in [1.54, 1.807) is 0 Å². The Morgan fingerprint density at radius 2 is 1.95 bits per heavy atom. The van der Waals surface area contributed by atoms with Crippen molar-refractivity contribution in [1.29, 1.82) is 0 Å². The summed E-state index contributed by atoms with van der Waals surface area (Å²) >= 11 is 5.85. The Kier molecular flexibility index (Phi) is 5.16. The summed E-state index contributed by atoms with van der Waals surface area (Å²) in [6.45, 7) is -0.598. The molecule has 4 N–H and O–H groups in total. The van der Waals surface area contributed by atoms with Crippen molar-refractivity contribution in [2.75, 3.05) is 6.61 Å². The molecule has 2 rings (SSSR count). The molecule has 0 aliphatic carbocycles. The number of nitrogens with zero attached hydrogens (tertiary/aromatic N) is 1. The Bertz CT molecular complexity index is 554. The number of ether oxygens (including phenoxy) is 2. The fraction of sp³-hybridized carbons (Fsp3) is 0.500. The summed E-state index contributed by atoms with van der Waals surface area (Å²) in [5.74, 6) is -0.0170. The van der Waals surface area contributed by atoms with Gasteiger partial charge in [0.15, 0.2) is 0 Å². The van der Waals surface area contributed by atoms with Crippen LogP contribution < -0.4 is 4.74 Å². The number of rotatable bonds is 4. The Labute approximate surface area is 129 Å². The minimum Gasteiger partial charge on any atom is -0.460 e. The van der Waals surface area contributed by atoms with E-state index in [1.807, 2.05) is 0 Å². The van der Waals surface area contributed by atoms with Crippen molar-refractivity contribution in [1.82, 2.24) is 0 Å². The van der Waals surface area contributed by atoms with Gasteiger partial charge in [-0.05, 0) is 6.07 Å². The van der Waals surface area contributed by atoms with Gasteiger partial charge in [0.05, 0.1) is 16.6 Å². The van der Waals surface area contributed by atoms with Crippen LogP contribution in [0.3, 0.4) is 0 Å². The summed E-state index contributed by atoms with van der Waals surface area (Å²) < 4.78 is 10.4. The minimum atomic E-state index is -1.59. The SMILES string of the molecule is O=[N+]([O-])c1ccc(O[C@@H]2O[C@@H](CO)[C@H](O)[C@@H](O)[C@H]2O)c(Cl)c1. The molecule has 1 aliphatic heterocycles. The molecule has 1 heterocycles. The molecule has 0 amide bonds. The van der Waals surface area contributed by atoms with Crippen molar-refractivity contribution in [3.8, 4) is 5.75 Å². The van der Waals surface area contributed by atoms with Crippen LogP contribution in [-0.2, 0) is 4.74 Å². The molecule has 1 fully saturated rings. The summed E-state index contributed by atoms with van der Waals surface area (Å²) in [4.78, 5) is 9.98. The largest absolute Gasteiger partial charge is 0.460 e. The number of hydrogen-bond donors (Lipinski definition) is 4. The summed E-state index contributed by atoms with van der Waals surface area (Å²) in [5.41, 5.74) is -0.244. The van der Waals surface area contributed by atoms with Crippen LogP contribution >= 0.6 is 11.6 Å². The zero-order valence-electron chi connectivity index (χ0n) is 11.1. The van der Waals surface area contributed by atoms with Gasteiger partial charge < -0.3 is 29.9 Å². The highest BCUT2D eigenvalue weighted by Gasteiger charge is 2.44. The maximum absolute atomic E-state index is 10.6. The Hall–Kier alpha value is -1.49. The summed E-state index contributed by atoms with van der Waals surface area (Å²) in [6, 6.07) is 3.41. The lowest BCUT2D eigenvalue weighted by Crippen LogP contribution is -2.60. The Balaban J connectivity index is 2.17. The van der Waals surface area contributed by atoms with Crippen LogP contribution in [0, 0.1) is 10.1 Å². The molecule has 22 heavy (non-hydrogen) atoms. The van der Waals surface area contributed by atoms with E-state index >= 15 is 0 Å². The number of non-ortho nitro benzene ring substituents is 1. The highest BCUT2D eigenvalue weighted by Crippen LogP contribution is 2.31. The quantitative estimate of drug-likeness (QED) is 0.423. The molecule has 9 nitrogen and oxygen atoms in total. The van der Waals surface area contributed by atoms with Crippen LogP contribution in [0.5, 0.6) is 5.75 Å². The normalized spacial score (nSPS) is 31.8. The maximum Gasteiger partial charge on any atom is 0.271 e. The fourth-order valence-corrected chi connectivity index (χ4v) is 2.21. The van der Waals surface area contributed by atoms with Crippen LogP contribution in [-0.4, -0.2) is 62.7 Å². The average molecular weight is 336 g/mol. The van der Waals surface area contributed by atoms with Gasteiger partial charge in [0, 0.05) is 12.1 Å². The van der Waals surface area contributed by atoms with E-state index in [9.17, 15) is 25.4 Å². The number of nitro groups is 1. The van der Waals surface area contributed by atoms with Gasteiger partial charge in [-0.2, -0.15) is 0 Å². The van der Waals surface area contributed by atoms with E-state index < -0.39 is 42.2 Å². The van der Waals surface area contributed by atoms with Crippen LogP contribution in [0.4, 0.5) is 5.69 Å². The lowest BCUT2D eigenvalue weighted by atomic mass is 9.99. The minimum absolute atomic E-state index is 0.0170. The highest BCUT2D eigenvalue weighted by molar-refractivity contribution is 6.32. The zero-order valence-corrected chi connectivity index (χ0v) is 11.8. The lowest BCUT2D eigenvalue weighted by molar-refractivity contribution is -0.384. The van der Waals surface area contributed by atoms with E-state index in [4.69, 9.17) is 26.2 Å². The van der Waals surface area contributed by atoms with Gasteiger partial charge in [0.1, 0.15) is 30.2 Å². The van der Waals surface area contributed by atoms with Crippen molar-refractivity contribution in [2.24, 2.45) is 0 Å². The molecule has 0 saturated carbocycles. The second-order valence-corrected chi connectivity index (χ2v) is 5.09. The standard InChI is InChI=1S/C12H14ClNO8/c13-6-3-5(14(19)20)1-2-7(6)21-12-11(18)10(17)9(16)8(4-15)22-12/h1-3,8-12,15-18H,4H2/t8-,9-,10+,11+,12+/m0/s1. The smallest absolute Gasteiger partial charge is 0.271 e. The fourth-order valence-electron chi connectivity index (χ4n) is 1.99. The van der Waals surface area contributed by atoms with Crippen molar-refractivity contribution in [3.05, 3.63) is 33.3 Å². The molecule has 0 radical (unpaired) electrons. The van der Waals surface area contributed by atoms with Gasteiger partial charge in [-0.25, -0.2) is 0 Å². The van der Waals surface area contributed by atoms with Crippen molar-refractivity contribution in [2.45, 2.75) is 30.7 Å². The molecule has 1 aromatic carbocycles. The molecule has 0 spiro atoms. The molecule has 5 atom stereocenters. The van der Waals surface area contributed by atoms with Gasteiger partial charge in [-0.15, -0.1) is 0 Å². The van der Waals surface area contributed by atoms with E-state index in [-0.39, 0.29) is 16.5 Å². The second kappa shape index (κ2) is 6.73. The van der Waals surface area contributed by atoms with Crippen molar-refractivity contribution < 1.29 is 34.8 Å². The molecule has 0 bridgehead atoms. The third-order valence-corrected chi connectivity index (χ3v) is 3.51. The molecule has 1 aliphatic rings. The van der Waals surface area contributed by atoms with Gasteiger partial charge >= 0.3 is 0 Å².